The zero-order chi connectivity index (χ0) is 5.70. The molecule has 0 unspecified atom stereocenters. The van der Waals surface area contributed by atoms with E-state index >= 15 is 0 Å². The van der Waals surface area contributed by atoms with Gasteiger partial charge >= 0.3 is 5.30 Å². The third-order valence-corrected chi connectivity index (χ3v) is 1.80. The molecule has 5 heteroatoms. The van der Waals surface area contributed by atoms with Crippen molar-refractivity contribution < 1.29 is 9.53 Å². The molecular weight excluding hydrogens is 156 g/mol. The molecule has 0 aliphatic rings. The van der Waals surface area contributed by atoms with Crippen molar-refractivity contribution in [2.45, 2.75) is 0 Å². The first kappa shape index (κ1) is 7.46. The van der Waals surface area contributed by atoms with E-state index in [1.807, 2.05) is 0 Å². The molecule has 0 saturated carbocycles. The highest BCUT2D eigenvalue weighted by Crippen LogP contribution is 2.26. The maximum atomic E-state index is 10.0. The summed E-state index contributed by atoms with van der Waals surface area (Å²) in [5.41, 5.74) is 0. The Hall–Kier alpha value is 0.460. The molecule has 0 spiro atoms. The lowest BCUT2D eigenvalue weighted by molar-refractivity contribution is 0.200. The molecule has 0 aromatic carbocycles. The summed E-state index contributed by atoms with van der Waals surface area (Å²) in [6, 6.07) is 0. The molecule has 0 aliphatic heterocycles. The van der Waals surface area contributed by atoms with Crippen molar-refractivity contribution in [2.24, 2.45) is 0 Å². The van der Waals surface area contributed by atoms with Gasteiger partial charge in [0.2, 0.25) is 0 Å². The summed E-state index contributed by atoms with van der Waals surface area (Å²) in [6.45, 7) is 0. The topological polar surface area (TPSA) is 26.3 Å². The fourth-order valence-electron chi connectivity index (χ4n) is 0.0597. The molecule has 0 aromatic heterocycles. The third-order valence-electron chi connectivity index (χ3n) is 0.266. The number of rotatable bonds is 1. The maximum Gasteiger partial charge on any atom is 0.378 e. The minimum Gasteiger partial charge on any atom is -0.460 e. The summed E-state index contributed by atoms with van der Waals surface area (Å²) in [4.78, 5) is 10.0. The Morgan fingerprint density at radius 1 is 1.86 bits per heavy atom. The van der Waals surface area contributed by atoms with Gasteiger partial charge in [-0.3, -0.25) is 0 Å². The fraction of sp³-hybridized carbons (Fsp3) is 0.500. The molecule has 2 nitrogen and oxygen atoms in total. The monoisotopic (exact) mass is 158 g/mol. The molecule has 0 bridgehead atoms. The van der Waals surface area contributed by atoms with E-state index in [9.17, 15) is 4.79 Å². The summed E-state index contributed by atoms with van der Waals surface area (Å²) in [6.07, 6.45) is 0. The van der Waals surface area contributed by atoms with Gasteiger partial charge in [-0.25, -0.2) is 4.79 Å². The first-order valence-electron chi connectivity index (χ1n) is 1.34. The van der Waals surface area contributed by atoms with Crippen molar-refractivity contribution in [2.75, 3.05) is 7.11 Å². The van der Waals surface area contributed by atoms with E-state index < -0.39 is 0 Å². The average Bonchev–Trinajstić information content (AvgIpc) is 1.68. The van der Waals surface area contributed by atoms with E-state index in [0.29, 0.717) is 0 Å². The molecule has 0 radical (unpaired) electrons. The largest absolute Gasteiger partial charge is 0.460 e. The lowest BCUT2D eigenvalue weighted by atomic mass is 11.5. The van der Waals surface area contributed by atoms with Crippen molar-refractivity contribution in [3.05, 3.63) is 0 Å². The van der Waals surface area contributed by atoms with Gasteiger partial charge in [-0.05, 0) is 10.7 Å². The highest BCUT2D eigenvalue weighted by molar-refractivity contribution is 8.89. The van der Waals surface area contributed by atoms with Crippen molar-refractivity contribution in [3.63, 3.8) is 0 Å². The van der Waals surface area contributed by atoms with E-state index in [1.165, 1.54) is 7.11 Å². The predicted molar refractivity (Wildman–Crippen MR) is 33.4 cm³/mol. The van der Waals surface area contributed by atoms with Crippen molar-refractivity contribution in [3.8, 4) is 0 Å². The van der Waals surface area contributed by atoms with Crippen LogP contribution in [0.15, 0.2) is 0 Å². The van der Waals surface area contributed by atoms with Crippen LogP contribution in [0.5, 0.6) is 0 Å². The summed E-state index contributed by atoms with van der Waals surface area (Å²) < 4.78 is 4.21. The summed E-state index contributed by atoms with van der Waals surface area (Å²) in [7, 11) is 8.06. The van der Waals surface area contributed by atoms with E-state index in [1.54, 1.807) is 0 Å². The van der Waals surface area contributed by atoms with Crippen LogP contribution in [0.2, 0.25) is 0 Å². The van der Waals surface area contributed by atoms with Gasteiger partial charge in [0.05, 0.1) is 7.11 Å². The van der Waals surface area contributed by atoms with E-state index in [0.717, 1.165) is 20.8 Å². The Kier molecular flexibility index (Phi) is 4.92. The Balaban J connectivity index is 3.00. The predicted octanol–water partition coefficient (Wildman–Crippen LogP) is 2.29. The van der Waals surface area contributed by atoms with Crippen LogP contribution in [0.1, 0.15) is 0 Å². The molecule has 0 atom stereocenters. The Labute approximate surface area is 53.8 Å². The quantitative estimate of drug-likeness (QED) is 0.432. The summed E-state index contributed by atoms with van der Waals surface area (Å²) >= 11 is 0. The second kappa shape index (κ2) is 4.61. The van der Waals surface area contributed by atoms with Crippen molar-refractivity contribution >= 4 is 36.8 Å². The lowest BCUT2D eigenvalue weighted by Gasteiger charge is -1.88. The molecule has 0 amide bonds. The SMILES string of the molecule is COC(=O)SSCl. The van der Waals surface area contributed by atoms with Crippen molar-refractivity contribution in [1.29, 1.82) is 0 Å². The number of ether oxygens (including phenoxy) is 1. The van der Waals surface area contributed by atoms with Crippen LogP contribution < -0.4 is 0 Å². The van der Waals surface area contributed by atoms with Gasteiger partial charge in [0, 0.05) is 20.8 Å². The second-order valence-electron chi connectivity index (χ2n) is 0.600. The van der Waals surface area contributed by atoms with Crippen LogP contribution in [-0.2, 0) is 4.74 Å². The van der Waals surface area contributed by atoms with Gasteiger partial charge < -0.3 is 4.74 Å². The molecule has 0 heterocycles. The van der Waals surface area contributed by atoms with Gasteiger partial charge in [0.15, 0.2) is 0 Å². The number of carbonyl (C=O) groups is 1. The molecule has 0 fully saturated rings. The minimum atomic E-state index is -0.375. The molecule has 42 valence electrons. The molecule has 0 aromatic rings. The first-order valence-corrected chi connectivity index (χ1v) is 4.32. The molecular formula is C2H3ClO2S2. The minimum absolute atomic E-state index is 0.375. The summed E-state index contributed by atoms with van der Waals surface area (Å²) in [5.74, 6) is 0. The smallest absolute Gasteiger partial charge is 0.378 e. The van der Waals surface area contributed by atoms with Crippen LogP contribution in [0.25, 0.3) is 0 Å². The molecule has 0 aliphatic carbocycles. The standard InChI is InChI=1S/C2H3ClO2S2/c1-5-2(4)6-7-3/h1H3. The van der Waals surface area contributed by atoms with Crippen molar-refractivity contribution in [1.82, 2.24) is 0 Å². The zero-order valence-corrected chi connectivity index (χ0v) is 5.90. The van der Waals surface area contributed by atoms with E-state index in [2.05, 4.69) is 4.74 Å². The van der Waals surface area contributed by atoms with Crippen LogP contribution in [0, 0.1) is 0 Å². The van der Waals surface area contributed by atoms with Gasteiger partial charge in [-0.2, -0.15) is 0 Å². The average molecular weight is 159 g/mol. The van der Waals surface area contributed by atoms with Crippen LogP contribution in [-0.4, -0.2) is 12.4 Å². The van der Waals surface area contributed by atoms with Gasteiger partial charge in [-0.1, -0.05) is 0 Å². The maximum absolute atomic E-state index is 10.0. The number of methoxy groups -OCH3 is 1. The summed E-state index contributed by atoms with van der Waals surface area (Å²) in [5, 5.41) is -0.375. The Morgan fingerprint density at radius 3 is 2.57 bits per heavy atom. The van der Waals surface area contributed by atoms with Crippen LogP contribution in [0.4, 0.5) is 4.79 Å². The zero-order valence-electron chi connectivity index (χ0n) is 3.51. The molecule has 7 heavy (non-hydrogen) atoms. The number of hydrogen-bond acceptors (Lipinski definition) is 4. The lowest BCUT2D eigenvalue weighted by Crippen LogP contribution is -1.84. The van der Waals surface area contributed by atoms with Gasteiger partial charge in [-0.15, -0.1) is 0 Å². The molecule has 0 saturated heterocycles. The Bertz CT molecular complexity index is 66.7. The van der Waals surface area contributed by atoms with E-state index in [4.69, 9.17) is 10.7 Å². The van der Waals surface area contributed by atoms with Gasteiger partial charge in [0.25, 0.3) is 0 Å². The van der Waals surface area contributed by atoms with Crippen LogP contribution in [0.3, 0.4) is 0 Å². The highest BCUT2D eigenvalue weighted by Gasteiger charge is 1.96. The van der Waals surface area contributed by atoms with Gasteiger partial charge in [0.1, 0.15) is 0 Å². The normalized spacial score (nSPS) is 8.29. The molecule has 0 N–H and O–H groups in total. The third kappa shape index (κ3) is 4.31. The highest BCUT2D eigenvalue weighted by atomic mass is 35.7. The number of halogens is 1. The number of hydrogen-bond donors (Lipinski definition) is 0. The first-order chi connectivity index (χ1) is 3.31. The van der Waals surface area contributed by atoms with Crippen LogP contribution >= 0.6 is 31.5 Å². The second-order valence-corrected chi connectivity index (χ2v) is 3.24. The Morgan fingerprint density at radius 2 is 2.43 bits per heavy atom. The number of carbonyl (C=O) groups excluding carboxylic acids is 1. The van der Waals surface area contributed by atoms with E-state index in [-0.39, 0.29) is 5.30 Å². The molecule has 0 rings (SSSR count). The fourth-order valence-corrected chi connectivity index (χ4v) is 1.00.